The lowest BCUT2D eigenvalue weighted by atomic mass is 10.0. The maximum absolute atomic E-state index is 13.3. The van der Waals surface area contributed by atoms with Crippen LogP contribution in [-0.4, -0.2) is 87.7 Å². The molecule has 3 atom stereocenters. The highest BCUT2D eigenvalue weighted by atomic mass is 32.2. The van der Waals surface area contributed by atoms with Gasteiger partial charge in [0.25, 0.3) is 0 Å². The maximum Gasteiger partial charge on any atom is 0.248 e. The van der Waals surface area contributed by atoms with Crippen molar-refractivity contribution in [2.75, 3.05) is 26.7 Å². The lowest BCUT2D eigenvalue weighted by molar-refractivity contribution is -0.136. The fraction of sp³-hybridized carbons (Fsp3) is 0.714. The molecule has 0 aliphatic carbocycles. The first kappa shape index (κ1) is 26.3. The van der Waals surface area contributed by atoms with Crippen molar-refractivity contribution in [3.8, 4) is 0 Å². The molecular formula is C21H34N6O6S. The number of nitrogens with zero attached hydrogens (tertiary/aromatic N) is 6. The van der Waals surface area contributed by atoms with Crippen LogP contribution < -0.4 is 0 Å². The molecule has 13 heteroatoms. The van der Waals surface area contributed by atoms with E-state index in [1.165, 1.54) is 11.4 Å². The average Bonchev–Trinajstić information content (AvgIpc) is 3.39. The second kappa shape index (κ2) is 10.9. The number of carbonyl (C=O) groups is 1. The number of hydrogen-bond acceptors (Lipinski definition) is 9. The SMILES string of the molecule is Cc1noc(C)c1S(=O)(=O)N(C)C[C@H]1OCc2cn(nn2)CCCC(=O)N([C@@H](C)CO)C[C@@H]1C. The van der Waals surface area contributed by atoms with Crippen LogP contribution in [0.15, 0.2) is 15.6 Å². The molecule has 0 aromatic carbocycles. The first-order chi connectivity index (χ1) is 16.0. The molecule has 3 heterocycles. The average molecular weight is 499 g/mol. The molecule has 0 spiro atoms. The van der Waals surface area contributed by atoms with Crippen molar-refractivity contribution in [1.29, 1.82) is 0 Å². The van der Waals surface area contributed by atoms with Gasteiger partial charge in [-0.15, -0.1) is 5.10 Å². The van der Waals surface area contributed by atoms with Crippen LogP contribution in [0.4, 0.5) is 0 Å². The molecule has 0 saturated heterocycles. The molecule has 1 aliphatic rings. The third-order valence-corrected chi connectivity index (χ3v) is 8.19. The van der Waals surface area contributed by atoms with Gasteiger partial charge in [-0.2, -0.15) is 4.31 Å². The lowest BCUT2D eigenvalue weighted by Crippen LogP contribution is -2.47. The highest BCUT2D eigenvalue weighted by Crippen LogP contribution is 2.24. The highest BCUT2D eigenvalue weighted by Gasteiger charge is 2.33. The van der Waals surface area contributed by atoms with Crippen molar-refractivity contribution in [1.82, 2.24) is 29.4 Å². The van der Waals surface area contributed by atoms with E-state index >= 15 is 0 Å². The molecule has 2 aromatic heterocycles. The van der Waals surface area contributed by atoms with E-state index in [0.717, 1.165) is 0 Å². The zero-order valence-electron chi connectivity index (χ0n) is 20.3. The van der Waals surface area contributed by atoms with Crippen LogP contribution in [0, 0.1) is 19.8 Å². The Hall–Kier alpha value is -2.35. The summed E-state index contributed by atoms with van der Waals surface area (Å²) in [7, 11) is -2.40. The number of amides is 1. The van der Waals surface area contributed by atoms with Crippen molar-refractivity contribution >= 4 is 15.9 Å². The number of aryl methyl sites for hydroxylation is 3. The number of likely N-dealkylation sites (N-methyl/N-ethyl adjacent to an activating group) is 1. The van der Waals surface area contributed by atoms with Crippen molar-refractivity contribution in [2.24, 2.45) is 5.92 Å². The van der Waals surface area contributed by atoms with Crippen molar-refractivity contribution in [3.63, 3.8) is 0 Å². The Morgan fingerprint density at radius 2 is 2.09 bits per heavy atom. The predicted octanol–water partition coefficient (Wildman–Crippen LogP) is 0.728. The Morgan fingerprint density at radius 1 is 1.35 bits per heavy atom. The van der Waals surface area contributed by atoms with E-state index < -0.39 is 16.1 Å². The zero-order valence-corrected chi connectivity index (χ0v) is 21.2. The Labute approximate surface area is 199 Å². The Morgan fingerprint density at radius 3 is 2.74 bits per heavy atom. The van der Waals surface area contributed by atoms with Crippen molar-refractivity contribution in [2.45, 2.75) is 70.7 Å². The van der Waals surface area contributed by atoms with E-state index in [9.17, 15) is 18.3 Å². The first-order valence-corrected chi connectivity index (χ1v) is 12.8. The minimum Gasteiger partial charge on any atom is -0.394 e. The summed E-state index contributed by atoms with van der Waals surface area (Å²) in [5.41, 5.74) is 0.915. The van der Waals surface area contributed by atoms with Crippen LogP contribution >= 0.6 is 0 Å². The minimum absolute atomic E-state index is 0.0389. The van der Waals surface area contributed by atoms with Crippen molar-refractivity contribution in [3.05, 3.63) is 23.3 Å². The van der Waals surface area contributed by atoms with Crippen LogP contribution in [0.25, 0.3) is 0 Å². The van der Waals surface area contributed by atoms with Gasteiger partial charge in [0, 0.05) is 39.0 Å². The molecule has 1 aliphatic heterocycles. The van der Waals surface area contributed by atoms with Crippen LogP contribution in [0.3, 0.4) is 0 Å². The molecule has 2 aromatic rings. The van der Waals surface area contributed by atoms with Gasteiger partial charge in [0.1, 0.15) is 16.3 Å². The van der Waals surface area contributed by atoms with E-state index in [0.29, 0.717) is 37.3 Å². The van der Waals surface area contributed by atoms with Crippen LogP contribution in [0.1, 0.15) is 43.8 Å². The molecule has 0 fully saturated rings. The topological polar surface area (TPSA) is 144 Å². The Bertz CT molecular complexity index is 1060. The molecule has 190 valence electrons. The summed E-state index contributed by atoms with van der Waals surface area (Å²) < 4.78 is 40.6. The number of ether oxygens (including phenoxy) is 1. The number of fused-ring (bicyclic) bond motifs is 2. The maximum atomic E-state index is 13.3. The number of carbonyl (C=O) groups excluding carboxylic acids is 1. The number of hydrogen-bond donors (Lipinski definition) is 1. The molecule has 2 bridgehead atoms. The molecule has 0 unspecified atom stereocenters. The summed E-state index contributed by atoms with van der Waals surface area (Å²) in [6.07, 6.45) is 2.10. The van der Waals surface area contributed by atoms with Gasteiger partial charge in [0.15, 0.2) is 5.76 Å². The third kappa shape index (κ3) is 5.82. The standard InChI is InChI=1S/C21H34N6O6S/c1-14-9-27(15(2)12-28)20(29)7-6-8-26-10-18(22-24-26)13-32-19(14)11-25(5)34(30,31)21-16(3)23-33-17(21)4/h10,14-15,19,28H,6-9,11-13H2,1-5H3/t14-,15-,19+/m0/s1. The Kier molecular flexibility index (Phi) is 8.44. The van der Waals surface area contributed by atoms with Crippen LogP contribution in [0.5, 0.6) is 0 Å². The fourth-order valence-electron chi connectivity index (χ4n) is 4.04. The molecule has 0 saturated carbocycles. The summed E-state index contributed by atoms with van der Waals surface area (Å²) >= 11 is 0. The first-order valence-electron chi connectivity index (χ1n) is 11.3. The second-order valence-electron chi connectivity index (χ2n) is 8.92. The molecule has 3 rings (SSSR count). The third-order valence-electron chi connectivity index (χ3n) is 6.12. The molecular weight excluding hydrogens is 464 g/mol. The van der Waals surface area contributed by atoms with Gasteiger partial charge in [0.05, 0.1) is 31.6 Å². The smallest absolute Gasteiger partial charge is 0.248 e. The van der Waals surface area contributed by atoms with Gasteiger partial charge in [0.2, 0.25) is 15.9 Å². The fourth-order valence-corrected chi connectivity index (χ4v) is 5.51. The number of aliphatic hydroxyl groups is 1. The van der Waals surface area contributed by atoms with Crippen LogP contribution in [-0.2, 0) is 32.7 Å². The minimum atomic E-state index is -3.88. The number of sulfonamides is 1. The van der Waals surface area contributed by atoms with E-state index in [2.05, 4.69) is 15.5 Å². The largest absolute Gasteiger partial charge is 0.394 e. The summed E-state index contributed by atoms with van der Waals surface area (Å²) in [6, 6.07) is -0.373. The van der Waals surface area contributed by atoms with Gasteiger partial charge >= 0.3 is 0 Å². The highest BCUT2D eigenvalue weighted by molar-refractivity contribution is 7.89. The number of aliphatic hydroxyl groups excluding tert-OH is 1. The van der Waals surface area contributed by atoms with Gasteiger partial charge in [-0.25, -0.2) is 8.42 Å². The van der Waals surface area contributed by atoms with Crippen LogP contribution in [0.2, 0.25) is 0 Å². The summed E-state index contributed by atoms with van der Waals surface area (Å²) in [6.45, 7) is 7.70. The zero-order chi connectivity index (χ0) is 25.0. The molecule has 12 nitrogen and oxygen atoms in total. The molecule has 0 radical (unpaired) electrons. The quantitative estimate of drug-likeness (QED) is 0.609. The molecule has 34 heavy (non-hydrogen) atoms. The summed E-state index contributed by atoms with van der Waals surface area (Å²) in [5, 5.41) is 21.7. The van der Waals surface area contributed by atoms with E-state index in [1.54, 1.807) is 36.5 Å². The van der Waals surface area contributed by atoms with Gasteiger partial charge < -0.3 is 19.3 Å². The predicted molar refractivity (Wildman–Crippen MR) is 121 cm³/mol. The Balaban J connectivity index is 1.88. The van der Waals surface area contributed by atoms with Gasteiger partial charge in [-0.1, -0.05) is 17.3 Å². The summed E-state index contributed by atoms with van der Waals surface area (Å²) in [4.78, 5) is 14.6. The lowest BCUT2D eigenvalue weighted by Gasteiger charge is -2.35. The van der Waals surface area contributed by atoms with Gasteiger partial charge in [-0.3, -0.25) is 9.48 Å². The second-order valence-corrected chi connectivity index (χ2v) is 10.9. The molecule has 1 N–H and O–H groups in total. The van der Waals surface area contributed by atoms with Crippen molar-refractivity contribution < 1.29 is 27.6 Å². The van der Waals surface area contributed by atoms with Gasteiger partial charge in [-0.05, 0) is 27.2 Å². The number of aromatic nitrogens is 4. The summed E-state index contributed by atoms with van der Waals surface area (Å²) in [5.74, 6) is -0.0992. The van der Waals surface area contributed by atoms with E-state index in [1.807, 2.05) is 6.92 Å². The number of rotatable bonds is 6. The van der Waals surface area contributed by atoms with E-state index in [4.69, 9.17) is 9.26 Å². The normalized spacial score (nSPS) is 21.7. The van der Waals surface area contributed by atoms with E-state index in [-0.39, 0.29) is 48.3 Å². The monoisotopic (exact) mass is 498 g/mol. The molecule has 1 amide bonds.